The summed E-state index contributed by atoms with van der Waals surface area (Å²) in [5.74, 6) is -0.768. The molecule has 7 heteroatoms. The fourth-order valence-corrected chi connectivity index (χ4v) is 1.62. The maximum atomic E-state index is 11.9. The smallest absolute Gasteiger partial charge is 0.406 e. The van der Waals surface area contributed by atoms with Gasteiger partial charge in [0, 0.05) is 10.6 Å². The van der Waals surface area contributed by atoms with Crippen molar-refractivity contribution in [3.8, 4) is 5.75 Å². The average molecular weight is 293 g/mol. The Kier molecular flexibility index (Phi) is 4.27. The van der Waals surface area contributed by atoms with Crippen LogP contribution in [0.15, 0.2) is 42.6 Å². The largest absolute Gasteiger partial charge is 0.477 e. The lowest BCUT2D eigenvalue weighted by Crippen LogP contribution is -2.12. The number of hydrogen-bond acceptors (Lipinski definition) is 5. The second-order valence-corrected chi connectivity index (χ2v) is 4.24. The van der Waals surface area contributed by atoms with Gasteiger partial charge in [-0.1, -0.05) is 11.6 Å². The van der Waals surface area contributed by atoms with Crippen LogP contribution in [0.5, 0.6) is 5.75 Å². The number of pyridine rings is 1. The summed E-state index contributed by atoms with van der Waals surface area (Å²) in [6, 6.07) is 9.18. The number of aromatic nitrogens is 1. The SMILES string of the molecule is O=C(COc1cccnc1[N+](=O)[O-])c1ccc(Cl)cc1. The summed E-state index contributed by atoms with van der Waals surface area (Å²) in [5, 5.41) is 11.3. The van der Waals surface area contributed by atoms with E-state index < -0.39 is 10.7 Å². The van der Waals surface area contributed by atoms with Gasteiger partial charge in [-0.25, -0.2) is 0 Å². The standard InChI is InChI=1S/C13H9ClN2O4/c14-10-5-3-9(4-6-10)11(17)8-20-12-2-1-7-15-13(12)16(18)19/h1-7H,8H2. The van der Waals surface area contributed by atoms with E-state index in [1.165, 1.54) is 18.3 Å². The molecule has 0 aliphatic carbocycles. The van der Waals surface area contributed by atoms with E-state index in [-0.39, 0.29) is 18.1 Å². The zero-order valence-electron chi connectivity index (χ0n) is 10.2. The summed E-state index contributed by atoms with van der Waals surface area (Å²) >= 11 is 5.72. The van der Waals surface area contributed by atoms with Gasteiger partial charge in [-0.2, -0.15) is 0 Å². The molecule has 1 heterocycles. The first-order valence-electron chi connectivity index (χ1n) is 5.59. The quantitative estimate of drug-likeness (QED) is 0.481. The van der Waals surface area contributed by atoms with Crippen molar-refractivity contribution in [1.82, 2.24) is 4.98 Å². The number of Topliss-reactive ketones (excluding diaryl/α,β-unsaturated/α-hetero) is 1. The predicted octanol–water partition coefficient (Wildman–Crippen LogP) is 2.90. The number of benzene rings is 1. The van der Waals surface area contributed by atoms with Gasteiger partial charge in [-0.05, 0) is 46.3 Å². The van der Waals surface area contributed by atoms with E-state index in [0.29, 0.717) is 10.6 Å². The summed E-state index contributed by atoms with van der Waals surface area (Å²) in [6.07, 6.45) is 1.28. The van der Waals surface area contributed by atoms with Crippen molar-refractivity contribution in [2.75, 3.05) is 6.61 Å². The Morgan fingerprint density at radius 1 is 1.30 bits per heavy atom. The highest BCUT2D eigenvalue weighted by Crippen LogP contribution is 2.23. The highest BCUT2D eigenvalue weighted by molar-refractivity contribution is 6.30. The Hall–Kier alpha value is -2.47. The molecule has 0 saturated heterocycles. The van der Waals surface area contributed by atoms with Crippen LogP contribution in [0, 0.1) is 10.1 Å². The first-order chi connectivity index (χ1) is 9.58. The van der Waals surface area contributed by atoms with Gasteiger partial charge in [0.25, 0.3) is 0 Å². The third-order valence-electron chi connectivity index (χ3n) is 2.45. The van der Waals surface area contributed by atoms with Crippen molar-refractivity contribution in [2.45, 2.75) is 0 Å². The van der Waals surface area contributed by atoms with Gasteiger partial charge < -0.3 is 14.9 Å². The molecule has 0 N–H and O–H groups in total. The van der Waals surface area contributed by atoms with Gasteiger partial charge in [0.05, 0.1) is 0 Å². The van der Waals surface area contributed by atoms with Crippen LogP contribution in [-0.2, 0) is 0 Å². The van der Waals surface area contributed by atoms with E-state index in [0.717, 1.165) is 0 Å². The second kappa shape index (κ2) is 6.12. The topological polar surface area (TPSA) is 82.3 Å². The van der Waals surface area contributed by atoms with Gasteiger partial charge in [-0.15, -0.1) is 0 Å². The molecule has 2 aromatic rings. The minimum absolute atomic E-state index is 0.0418. The zero-order chi connectivity index (χ0) is 14.5. The Morgan fingerprint density at radius 3 is 2.65 bits per heavy atom. The molecule has 0 unspecified atom stereocenters. The van der Waals surface area contributed by atoms with Crippen molar-refractivity contribution in [1.29, 1.82) is 0 Å². The van der Waals surface area contributed by atoms with Crippen LogP contribution in [-0.4, -0.2) is 22.3 Å². The van der Waals surface area contributed by atoms with Gasteiger partial charge in [0.1, 0.15) is 6.20 Å². The number of nitro groups is 1. The molecule has 0 fully saturated rings. The molecule has 0 aliphatic heterocycles. The molecular weight excluding hydrogens is 284 g/mol. The van der Waals surface area contributed by atoms with Gasteiger partial charge in [-0.3, -0.25) is 4.79 Å². The van der Waals surface area contributed by atoms with Gasteiger partial charge in [0.2, 0.25) is 5.75 Å². The summed E-state index contributed by atoms with van der Waals surface area (Å²) in [5.41, 5.74) is 0.418. The molecule has 0 amide bonds. The van der Waals surface area contributed by atoms with Crippen molar-refractivity contribution in [3.63, 3.8) is 0 Å². The van der Waals surface area contributed by atoms with Crippen LogP contribution >= 0.6 is 11.6 Å². The molecule has 0 bridgehead atoms. The molecule has 1 aromatic heterocycles. The van der Waals surface area contributed by atoms with Crippen LogP contribution in [0.2, 0.25) is 5.02 Å². The average Bonchev–Trinajstić information content (AvgIpc) is 2.45. The number of carbonyl (C=O) groups is 1. The first kappa shape index (κ1) is 14.0. The van der Waals surface area contributed by atoms with Crippen LogP contribution in [0.1, 0.15) is 10.4 Å². The predicted molar refractivity (Wildman–Crippen MR) is 72.2 cm³/mol. The van der Waals surface area contributed by atoms with Gasteiger partial charge >= 0.3 is 5.82 Å². The van der Waals surface area contributed by atoms with Gasteiger partial charge in [0.15, 0.2) is 12.4 Å². The molecule has 0 aliphatic rings. The maximum absolute atomic E-state index is 11.9. The van der Waals surface area contributed by atoms with E-state index in [1.54, 1.807) is 24.3 Å². The van der Waals surface area contributed by atoms with Crippen molar-refractivity contribution in [2.24, 2.45) is 0 Å². The van der Waals surface area contributed by atoms with Crippen molar-refractivity contribution < 1.29 is 14.5 Å². The van der Waals surface area contributed by atoms with Crippen molar-refractivity contribution in [3.05, 3.63) is 63.3 Å². The normalized spacial score (nSPS) is 10.1. The van der Waals surface area contributed by atoms with E-state index in [4.69, 9.17) is 16.3 Å². The lowest BCUT2D eigenvalue weighted by Gasteiger charge is -2.05. The molecule has 0 spiro atoms. The highest BCUT2D eigenvalue weighted by atomic mass is 35.5. The van der Waals surface area contributed by atoms with Crippen LogP contribution in [0.25, 0.3) is 0 Å². The Balaban J connectivity index is 2.07. The third kappa shape index (κ3) is 3.30. The number of nitrogens with zero attached hydrogens (tertiary/aromatic N) is 2. The number of halogens is 1. The minimum Gasteiger partial charge on any atom is -0.477 e. The van der Waals surface area contributed by atoms with E-state index >= 15 is 0 Å². The van der Waals surface area contributed by atoms with Crippen LogP contribution in [0.3, 0.4) is 0 Å². The van der Waals surface area contributed by atoms with Crippen LogP contribution in [0.4, 0.5) is 5.82 Å². The summed E-state index contributed by atoms with van der Waals surface area (Å²) in [6.45, 7) is -0.311. The third-order valence-corrected chi connectivity index (χ3v) is 2.70. The van der Waals surface area contributed by atoms with Crippen molar-refractivity contribution >= 4 is 23.2 Å². The fraction of sp³-hybridized carbons (Fsp3) is 0.0769. The molecule has 1 aromatic carbocycles. The Labute approximate surface area is 119 Å². The summed E-state index contributed by atoms with van der Waals surface area (Å²) in [4.78, 5) is 25.5. The zero-order valence-corrected chi connectivity index (χ0v) is 10.9. The lowest BCUT2D eigenvalue weighted by molar-refractivity contribution is -0.390. The fourth-order valence-electron chi connectivity index (χ4n) is 1.49. The second-order valence-electron chi connectivity index (χ2n) is 3.80. The summed E-state index contributed by atoms with van der Waals surface area (Å²) < 4.78 is 5.16. The Bertz CT molecular complexity index is 643. The molecule has 20 heavy (non-hydrogen) atoms. The highest BCUT2D eigenvalue weighted by Gasteiger charge is 2.17. The molecule has 2 rings (SSSR count). The Morgan fingerprint density at radius 2 is 2.00 bits per heavy atom. The van der Waals surface area contributed by atoms with Crippen LogP contribution < -0.4 is 4.74 Å². The summed E-state index contributed by atoms with van der Waals surface area (Å²) in [7, 11) is 0. The van der Waals surface area contributed by atoms with E-state index in [9.17, 15) is 14.9 Å². The van der Waals surface area contributed by atoms with E-state index in [2.05, 4.69) is 4.98 Å². The lowest BCUT2D eigenvalue weighted by atomic mass is 10.1. The minimum atomic E-state index is -0.665. The molecule has 102 valence electrons. The molecule has 0 radical (unpaired) electrons. The number of ketones is 1. The number of ether oxygens (including phenoxy) is 1. The first-order valence-corrected chi connectivity index (χ1v) is 5.96. The molecule has 0 atom stereocenters. The number of hydrogen-bond donors (Lipinski definition) is 0. The maximum Gasteiger partial charge on any atom is 0.406 e. The number of carbonyl (C=O) groups excluding carboxylic acids is 1. The van der Waals surface area contributed by atoms with E-state index in [1.807, 2.05) is 0 Å². The molecule has 6 nitrogen and oxygen atoms in total. The molecular formula is C13H9ClN2O4. The monoisotopic (exact) mass is 292 g/mol. The number of rotatable bonds is 5. The molecule has 0 saturated carbocycles.